The fourth-order valence-electron chi connectivity index (χ4n) is 2.76. The standard InChI is InChI=1S/C22H21Br2NO/c1-2-17-5-3-4-6-21(17)25-14-18-13-20(24)11-12-22(18)26-15-16-7-9-19(23)10-8-16/h3-13,25H,2,14-15H2,1H3. The molecule has 0 aliphatic rings. The normalized spacial score (nSPS) is 10.6. The number of benzene rings is 3. The van der Waals surface area contributed by atoms with Crippen molar-refractivity contribution in [1.82, 2.24) is 0 Å². The van der Waals surface area contributed by atoms with Gasteiger partial charge in [-0.3, -0.25) is 0 Å². The van der Waals surface area contributed by atoms with Crippen LogP contribution in [-0.4, -0.2) is 0 Å². The molecule has 4 heteroatoms. The molecule has 134 valence electrons. The van der Waals surface area contributed by atoms with Crippen LogP contribution in [0.25, 0.3) is 0 Å². The van der Waals surface area contributed by atoms with Gasteiger partial charge in [0.05, 0.1) is 0 Å². The summed E-state index contributed by atoms with van der Waals surface area (Å²) in [7, 11) is 0. The molecule has 0 heterocycles. The maximum Gasteiger partial charge on any atom is 0.124 e. The molecular weight excluding hydrogens is 454 g/mol. The zero-order valence-electron chi connectivity index (χ0n) is 14.6. The summed E-state index contributed by atoms with van der Waals surface area (Å²) in [6.07, 6.45) is 1.01. The molecule has 2 nitrogen and oxygen atoms in total. The first-order valence-corrected chi connectivity index (χ1v) is 10.2. The highest BCUT2D eigenvalue weighted by molar-refractivity contribution is 9.10. The van der Waals surface area contributed by atoms with Crippen molar-refractivity contribution >= 4 is 37.5 Å². The van der Waals surface area contributed by atoms with Crippen LogP contribution in [0.2, 0.25) is 0 Å². The van der Waals surface area contributed by atoms with Gasteiger partial charge in [0.25, 0.3) is 0 Å². The van der Waals surface area contributed by atoms with E-state index in [1.54, 1.807) is 0 Å². The van der Waals surface area contributed by atoms with Crippen LogP contribution < -0.4 is 10.1 Å². The first-order valence-electron chi connectivity index (χ1n) is 8.63. The summed E-state index contributed by atoms with van der Waals surface area (Å²) < 4.78 is 8.21. The van der Waals surface area contributed by atoms with Crippen LogP contribution in [0.3, 0.4) is 0 Å². The molecule has 0 saturated carbocycles. The SMILES string of the molecule is CCc1ccccc1NCc1cc(Br)ccc1OCc1ccc(Br)cc1. The van der Waals surface area contributed by atoms with Gasteiger partial charge in [0.2, 0.25) is 0 Å². The number of halogens is 2. The van der Waals surface area contributed by atoms with Crippen molar-refractivity contribution in [1.29, 1.82) is 0 Å². The molecule has 0 radical (unpaired) electrons. The highest BCUT2D eigenvalue weighted by Gasteiger charge is 2.07. The Bertz CT molecular complexity index is 862. The third-order valence-corrected chi connectivity index (χ3v) is 5.22. The smallest absolute Gasteiger partial charge is 0.124 e. The number of hydrogen-bond acceptors (Lipinski definition) is 2. The molecule has 0 bridgehead atoms. The fraction of sp³-hybridized carbons (Fsp3) is 0.182. The summed E-state index contributed by atoms with van der Waals surface area (Å²) in [4.78, 5) is 0. The van der Waals surface area contributed by atoms with Crippen LogP contribution in [0.5, 0.6) is 5.75 Å². The van der Waals surface area contributed by atoms with Crippen LogP contribution in [0.1, 0.15) is 23.6 Å². The van der Waals surface area contributed by atoms with Gasteiger partial charge in [-0.15, -0.1) is 0 Å². The Labute approximate surface area is 171 Å². The molecule has 3 rings (SSSR count). The number of para-hydroxylation sites is 1. The maximum absolute atomic E-state index is 6.09. The summed E-state index contributed by atoms with van der Waals surface area (Å²) in [5.74, 6) is 0.901. The van der Waals surface area contributed by atoms with Gasteiger partial charge in [0, 0.05) is 26.7 Å². The summed E-state index contributed by atoms with van der Waals surface area (Å²) in [5.41, 5.74) is 4.77. The van der Waals surface area contributed by atoms with Crippen molar-refractivity contribution in [3.63, 3.8) is 0 Å². The van der Waals surface area contributed by atoms with E-state index in [1.165, 1.54) is 11.3 Å². The van der Waals surface area contributed by atoms with Crippen LogP contribution in [0, 0.1) is 0 Å². The van der Waals surface area contributed by atoms with E-state index >= 15 is 0 Å². The van der Waals surface area contributed by atoms with Crippen LogP contribution in [0.4, 0.5) is 5.69 Å². The minimum atomic E-state index is 0.549. The molecule has 0 saturated heterocycles. The summed E-state index contributed by atoms with van der Waals surface area (Å²) in [5, 5.41) is 3.55. The number of ether oxygens (including phenoxy) is 1. The molecule has 0 spiro atoms. The summed E-state index contributed by atoms with van der Waals surface area (Å²) in [6.45, 7) is 3.44. The van der Waals surface area contributed by atoms with Crippen LogP contribution in [-0.2, 0) is 19.6 Å². The Balaban J connectivity index is 1.72. The Kier molecular flexibility index (Phi) is 6.75. The third kappa shape index (κ3) is 5.12. The van der Waals surface area contributed by atoms with E-state index in [0.717, 1.165) is 32.2 Å². The summed E-state index contributed by atoms with van der Waals surface area (Å²) in [6, 6.07) is 22.8. The highest BCUT2D eigenvalue weighted by atomic mass is 79.9. The maximum atomic E-state index is 6.09. The van der Waals surface area contributed by atoms with E-state index in [4.69, 9.17) is 4.74 Å². The van der Waals surface area contributed by atoms with Gasteiger partial charge >= 0.3 is 0 Å². The van der Waals surface area contributed by atoms with Gasteiger partial charge in [-0.2, -0.15) is 0 Å². The Morgan fingerprint density at radius 2 is 1.58 bits per heavy atom. The molecule has 0 atom stereocenters. The predicted octanol–water partition coefficient (Wildman–Crippen LogP) is 6.97. The van der Waals surface area contributed by atoms with Crippen molar-refractivity contribution in [3.05, 3.63) is 92.4 Å². The second-order valence-electron chi connectivity index (χ2n) is 6.03. The molecule has 3 aromatic carbocycles. The molecule has 3 aromatic rings. The van der Waals surface area contributed by atoms with E-state index in [-0.39, 0.29) is 0 Å². The third-order valence-electron chi connectivity index (χ3n) is 4.20. The quantitative estimate of drug-likeness (QED) is 0.399. The van der Waals surface area contributed by atoms with Gasteiger partial charge in [0.15, 0.2) is 0 Å². The molecule has 1 N–H and O–H groups in total. The van der Waals surface area contributed by atoms with Gasteiger partial charge < -0.3 is 10.1 Å². The minimum Gasteiger partial charge on any atom is -0.489 e. The van der Waals surface area contributed by atoms with E-state index < -0.39 is 0 Å². The van der Waals surface area contributed by atoms with E-state index in [0.29, 0.717) is 13.2 Å². The van der Waals surface area contributed by atoms with Crippen molar-refractivity contribution < 1.29 is 4.74 Å². The first kappa shape index (κ1) is 19.0. The first-order chi connectivity index (χ1) is 12.7. The molecule has 0 aromatic heterocycles. The van der Waals surface area contributed by atoms with Gasteiger partial charge in [0.1, 0.15) is 12.4 Å². The van der Waals surface area contributed by atoms with Gasteiger partial charge in [-0.05, 0) is 53.9 Å². The Morgan fingerprint density at radius 1 is 0.846 bits per heavy atom. The minimum absolute atomic E-state index is 0.549. The lowest BCUT2D eigenvalue weighted by Gasteiger charge is -2.15. The Hall–Kier alpha value is -1.78. The molecule has 0 amide bonds. The topological polar surface area (TPSA) is 21.3 Å². The fourth-order valence-corrected chi connectivity index (χ4v) is 3.43. The molecule has 0 unspecified atom stereocenters. The van der Waals surface area contributed by atoms with Gasteiger partial charge in [-0.25, -0.2) is 0 Å². The monoisotopic (exact) mass is 473 g/mol. The summed E-state index contributed by atoms with van der Waals surface area (Å²) >= 11 is 7.03. The molecule has 26 heavy (non-hydrogen) atoms. The average Bonchev–Trinajstić information content (AvgIpc) is 2.67. The van der Waals surface area contributed by atoms with Crippen molar-refractivity contribution in [2.75, 3.05) is 5.32 Å². The lowest BCUT2D eigenvalue weighted by atomic mass is 10.1. The zero-order valence-corrected chi connectivity index (χ0v) is 17.8. The molecule has 0 aliphatic heterocycles. The van der Waals surface area contributed by atoms with Crippen molar-refractivity contribution in [2.24, 2.45) is 0 Å². The van der Waals surface area contributed by atoms with Crippen molar-refractivity contribution in [3.8, 4) is 5.75 Å². The van der Waals surface area contributed by atoms with Crippen molar-refractivity contribution in [2.45, 2.75) is 26.5 Å². The largest absolute Gasteiger partial charge is 0.489 e. The van der Waals surface area contributed by atoms with E-state index in [2.05, 4.69) is 86.6 Å². The molecule has 0 fully saturated rings. The highest BCUT2D eigenvalue weighted by Crippen LogP contribution is 2.26. The number of aryl methyl sites for hydroxylation is 1. The number of anilines is 1. The predicted molar refractivity (Wildman–Crippen MR) is 116 cm³/mol. The van der Waals surface area contributed by atoms with Crippen LogP contribution in [0.15, 0.2) is 75.7 Å². The van der Waals surface area contributed by atoms with Crippen LogP contribution >= 0.6 is 31.9 Å². The zero-order chi connectivity index (χ0) is 18.4. The lowest BCUT2D eigenvalue weighted by molar-refractivity contribution is 0.303. The molecular formula is C22H21Br2NO. The second-order valence-corrected chi connectivity index (χ2v) is 7.86. The Morgan fingerprint density at radius 3 is 2.35 bits per heavy atom. The molecule has 0 aliphatic carbocycles. The van der Waals surface area contributed by atoms with Gasteiger partial charge in [-0.1, -0.05) is 69.1 Å². The number of nitrogens with one attached hydrogen (secondary N) is 1. The average molecular weight is 475 g/mol. The number of hydrogen-bond donors (Lipinski definition) is 1. The lowest BCUT2D eigenvalue weighted by Crippen LogP contribution is -2.05. The number of rotatable bonds is 7. The van der Waals surface area contributed by atoms with E-state index in [1.807, 2.05) is 24.3 Å². The second kappa shape index (κ2) is 9.24. The van der Waals surface area contributed by atoms with E-state index in [9.17, 15) is 0 Å².